The molecule has 23 heavy (non-hydrogen) atoms. The number of hydrogen-bond donors (Lipinski definition) is 1. The summed E-state index contributed by atoms with van der Waals surface area (Å²) in [7, 11) is 0. The molecule has 0 spiro atoms. The second-order valence-electron chi connectivity index (χ2n) is 4.57. The van der Waals surface area contributed by atoms with E-state index in [1.54, 1.807) is 4.90 Å². The van der Waals surface area contributed by atoms with Crippen molar-refractivity contribution in [3.63, 3.8) is 0 Å². The standard InChI is InChI=1S/C14H15F2N5O2/c1-3-20(4-2)14-12(21(22)23)13(17-8-18-14)19-11-6-5-9(15)7-10(11)16/h5-8H,3-4H2,1-2H3,(H,17,18,19). The molecular weight excluding hydrogens is 308 g/mol. The Kier molecular flexibility index (Phi) is 4.99. The molecule has 0 bridgehead atoms. The fourth-order valence-electron chi connectivity index (χ4n) is 2.10. The zero-order valence-corrected chi connectivity index (χ0v) is 12.6. The third-order valence-corrected chi connectivity index (χ3v) is 3.23. The van der Waals surface area contributed by atoms with Crippen LogP contribution in [0.3, 0.4) is 0 Å². The Morgan fingerprint density at radius 1 is 1.26 bits per heavy atom. The monoisotopic (exact) mass is 323 g/mol. The first kappa shape index (κ1) is 16.5. The van der Waals surface area contributed by atoms with Crippen molar-refractivity contribution >= 4 is 23.0 Å². The average molecular weight is 323 g/mol. The van der Waals surface area contributed by atoms with Crippen LogP contribution in [0.2, 0.25) is 0 Å². The molecule has 0 aliphatic carbocycles. The Morgan fingerprint density at radius 2 is 1.96 bits per heavy atom. The SMILES string of the molecule is CCN(CC)c1ncnc(Nc2ccc(F)cc2F)c1[N+](=O)[O-]. The topological polar surface area (TPSA) is 84.2 Å². The number of nitrogens with zero attached hydrogens (tertiary/aromatic N) is 4. The molecule has 0 aliphatic rings. The van der Waals surface area contributed by atoms with Crippen molar-refractivity contribution in [2.75, 3.05) is 23.3 Å². The van der Waals surface area contributed by atoms with Crippen LogP contribution in [0.4, 0.5) is 31.8 Å². The van der Waals surface area contributed by atoms with E-state index in [2.05, 4.69) is 15.3 Å². The van der Waals surface area contributed by atoms with Crippen molar-refractivity contribution in [1.29, 1.82) is 0 Å². The van der Waals surface area contributed by atoms with Crippen LogP contribution in [-0.2, 0) is 0 Å². The summed E-state index contributed by atoms with van der Waals surface area (Å²) in [6.45, 7) is 4.70. The molecule has 2 rings (SSSR count). The molecule has 1 aromatic heterocycles. The molecule has 0 saturated carbocycles. The van der Waals surface area contributed by atoms with E-state index < -0.39 is 16.6 Å². The van der Waals surface area contributed by atoms with Gasteiger partial charge in [0, 0.05) is 19.2 Å². The number of rotatable bonds is 6. The van der Waals surface area contributed by atoms with Gasteiger partial charge >= 0.3 is 5.69 Å². The lowest BCUT2D eigenvalue weighted by molar-refractivity contribution is -0.383. The summed E-state index contributed by atoms with van der Waals surface area (Å²) >= 11 is 0. The summed E-state index contributed by atoms with van der Waals surface area (Å²) in [6, 6.07) is 2.87. The summed E-state index contributed by atoms with van der Waals surface area (Å²) < 4.78 is 26.7. The Bertz CT molecular complexity index is 722. The van der Waals surface area contributed by atoms with Gasteiger partial charge in [-0.3, -0.25) is 10.1 Å². The molecule has 0 atom stereocenters. The van der Waals surface area contributed by atoms with Crippen molar-refractivity contribution in [1.82, 2.24) is 9.97 Å². The molecule has 0 amide bonds. The van der Waals surface area contributed by atoms with Crippen LogP contribution in [0.15, 0.2) is 24.5 Å². The Morgan fingerprint density at radius 3 is 2.52 bits per heavy atom. The van der Waals surface area contributed by atoms with E-state index in [9.17, 15) is 18.9 Å². The second-order valence-corrected chi connectivity index (χ2v) is 4.57. The van der Waals surface area contributed by atoms with Crippen LogP contribution in [0.5, 0.6) is 0 Å². The molecule has 122 valence electrons. The van der Waals surface area contributed by atoms with Crippen molar-refractivity contribution < 1.29 is 13.7 Å². The Balaban J connectivity index is 2.49. The first-order chi connectivity index (χ1) is 11.0. The maximum absolute atomic E-state index is 13.7. The van der Waals surface area contributed by atoms with Gasteiger partial charge in [-0.15, -0.1) is 0 Å². The number of benzene rings is 1. The molecule has 1 heterocycles. The highest BCUT2D eigenvalue weighted by Gasteiger charge is 2.26. The molecule has 9 heteroatoms. The van der Waals surface area contributed by atoms with E-state index in [4.69, 9.17) is 0 Å². The minimum atomic E-state index is -0.873. The lowest BCUT2D eigenvalue weighted by Crippen LogP contribution is -2.24. The predicted octanol–water partition coefficient (Wildman–Crippen LogP) is 3.25. The first-order valence-electron chi connectivity index (χ1n) is 6.94. The van der Waals surface area contributed by atoms with Gasteiger partial charge in [0.2, 0.25) is 11.6 Å². The van der Waals surface area contributed by atoms with Gasteiger partial charge < -0.3 is 10.2 Å². The highest BCUT2D eigenvalue weighted by molar-refractivity contribution is 5.74. The maximum Gasteiger partial charge on any atom is 0.353 e. The largest absolute Gasteiger partial charge is 0.353 e. The van der Waals surface area contributed by atoms with Gasteiger partial charge in [0.15, 0.2) is 0 Å². The fraction of sp³-hybridized carbons (Fsp3) is 0.286. The zero-order chi connectivity index (χ0) is 17.0. The summed E-state index contributed by atoms with van der Waals surface area (Å²) in [6.07, 6.45) is 1.16. The van der Waals surface area contributed by atoms with Gasteiger partial charge in [-0.2, -0.15) is 0 Å². The third-order valence-electron chi connectivity index (χ3n) is 3.23. The van der Waals surface area contributed by atoms with E-state index in [0.717, 1.165) is 18.5 Å². The van der Waals surface area contributed by atoms with Crippen LogP contribution in [0, 0.1) is 21.7 Å². The number of aromatic nitrogens is 2. The predicted molar refractivity (Wildman–Crippen MR) is 81.9 cm³/mol. The van der Waals surface area contributed by atoms with Gasteiger partial charge in [0.25, 0.3) is 0 Å². The smallest absolute Gasteiger partial charge is 0.351 e. The quantitative estimate of drug-likeness (QED) is 0.649. The molecule has 0 fully saturated rings. The zero-order valence-electron chi connectivity index (χ0n) is 12.6. The second kappa shape index (κ2) is 6.95. The summed E-state index contributed by atoms with van der Waals surface area (Å²) in [5.41, 5.74) is -0.473. The van der Waals surface area contributed by atoms with Gasteiger partial charge in [-0.25, -0.2) is 18.7 Å². The number of nitro groups is 1. The summed E-state index contributed by atoms with van der Waals surface area (Å²) in [4.78, 5) is 20.3. The molecule has 1 N–H and O–H groups in total. The molecule has 0 aliphatic heterocycles. The molecule has 2 aromatic rings. The van der Waals surface area contributed by atoms with E-state index in [1.807, 2.05) is 13.8 Å². The van der Waals surface area contributed by atoms with E-state index >= 15 is 0 Å². The number of anilines is 3. The van der Waals surface area contributed by atoms with Crippen LogP contribution in [-0.4, -0.2) is 28.0 Å². The number of halogens is 2. The van der Waals surface area contributed by atoms with Crippen LogP contribution in [0.1, 0.15) is 13.8 Å². The van der Waals surface area contributed by atoms with E-state index in [0.29, 0.717) is 19.2 Å². The third kappa shape index (κ3) is 3.50. The molecular formula is C14H15F2N5O2. The summed E-state index contributed by atoms with van der Waals surface area (Å²) in [5, 5.41) is 13.9. The van der Waals surface area contributed by atoms with Crippen LogP contribution in [0.25, 0.3) is 0 Å². The average Bonchev–Trinajstić information content (AvgIpc) is 2.51. The highest BCUT2D eigenvalue weighted by atomic mass is 19.1. The normalized spacial score (nSPS) is 10.4. The van der Waals surface area contributed by atoms with Gasteiger partial charge in [0.1, 0.15) is 18.0 Å². The lowest BCUT2D eigenvalue weighted by atomic mass is 10.3. The van der Waals surface area contributed by atoms with Gasteiger partial charge in [-0.1, -0.05) is 0 Å². The van der Waals surface area contributed by atoms with E-state index in [1.165, 1.54) is 0 Å². The summed E-state index contributed by atoms with van der Waals surface area (Å²) in [5.74, 6) is -1.63. The Hall–Kier alpha value is -2.84. The number of nitrogens with one attached hydrogen (secondary N) is 1. The minimum Gasteiger partial charge on any atom is -0.351 e. The molecule has 0 saturated heterocycles. The Labute approximate surface area is 131 Å². The van der Waals surface area contributed by atoms with E-state index in [-0.39, 0.29) is 23.0 Å². The van der Waals surface area contributed by atoms with Gasteiger partial charge in [-0.05, 0) is 26.0 Å². The van der Waals surface area contributed by atoms with Crippen molar-refractivity contribution in [3.05, 3.63) is 46.3 Å². The van der Waals surface area contributed by atoms with Crippen molar-refractivity contribution in [2.24, 2.45) is 0 Å². The van der Waals surface area contributed by atoms with Crippen LogP contribution >= 0.6 is 0 Å². The number of hydrogen-bond acceptors (Lipinski definition) is 6. The minimum absolute atomic E-state index is 0.112. The fourth-order valence-corrected chi connectivity index (χ4v) is 2.10. The highest BCUT2D eigenvalue weighted by Crippen LogP contribution is 2.33. The van der Waals surface area contributed by atoms with Gasteiger partial charge in [0.05, 0.1) is 10.6 Å². The maximum atomic E-state index is 13.7. The lowest BCUT2D eigenvalue weighted by Gasteiger charge is -2.20. The van der Waals surface area contributed by atoms with Crippen LogP contribution < -0.4 is 10.2 Å². The molecule has 0 unspecified atom stereocenters. The molecule has 7 nitrogen and oxygen atoms in total. The first-order valence-corrected chi connectivity index (χ1v) is 6.94. The van der Waals surface area contributed by atoms with Crippen molar-refractivity contribution in [2.45, 2.75) is 13.8 Å². The van der Waals surface area contributed by atoms with Crippen molar-refractivity contribution in [3.8, 4) is 0 Å². The molecule has 1 aromatic carbocycles. The molecule has 0 radical (unpaired) electrons.